The Balaban J connectivity index is 1.78. The van der Waals surface area contributed by atoms with Crippen LogP contribution in [-0.2, 0) is 16.0 Å². The quantitative estimate of drug-likeness (QED) is 0.615. The van der Waals surface area contributed by atoms with Crippen LogP contribution in [0.25, 0.3) is 5.82 Å². The Hall–Kier alpha value is -2.78. The molecule has 10 heteroatoms. The van der Waals surface area contributed by atoms with Crippen molar-refractivity contribution >= 4 is 39.9 Å². The Bertz CT molecular complexity index is 1030. The lowest BCUT2D eigenvalue weighted by Crippen LogP contribution is -2.16. The predicted octanol–water partition coefficient (Wildman–Crippen LogP) is 3.35. The summed E-state index contributed by atoms with van der Waals surface area (Å²) in [5, 5.41) is 9.28. The Morgan fingerprint density at radius 3 is 2.75 bits per heavy atom. The van der Waals surface area contributed by atoms with Gasteiger partial charge in [-0.25, -0.2) is 14.6 Å². The average Bonchev–Trinajstić information content (AvgIpc) is 3.21. The van der Waals surface area contributed by atoms with Crippen molar-refractivity contribution in [3.8, 4) is 5.82 Å². The van der Waals surface area contributed by atoms with E-state index in [9.17, 15) is 9.59 Å². The van der Waals surface area contributed by atoms with Crippen molar-refractivity contribution in [3.05, 3.63) is 51.4 Å². The second kappa shape index (κ2) is 8.49. The summed E-state index contributed by atoms with van der Waals surface area (Å²) in [4.78, 5) is 32.7. The number of anilines is 1. The van der Waals surface area contributed by atoms with Gasteiger partial charge in [-0.1, -0.05) is 11.6 Å². The summed E-state index contributed by atoms with van der Waals surface area (Å²) in [6.07, 6.45) is 0.0482. The number of nitrogens with zero attached hydrogens (tertiary/aromatic N) is 4. The molecule has 0 bridgehead atoms. The van der Waals surface area contributed by atoms with Gasteiger partial charge in [-0.3, -0.25) is 14.9 Å². The predicted molar refractivity (Wildman–Crippen MR) is 106 cm³/mol. The molecule has 0 fully saturated rings. The number of carbonyl (C=O) groups is 2. The molecule has 3 heterocycles. The number of hydrogen-bond donors (Lipinski definition) is 1. The van der Waals surface area contributed by atoms with Crippen LogP contribution in [0, 0.1) is 13.8 Å². The number of thiazole rings is 1. The third kappa shape index (κ3) is 4.55. The van der Waals surface area contributed by atoms with Crippen LogP contribution in [0.15, 0.2) is 23.6 Å². The van der Waals surface area contributed by atoms with Gasteiger partial charge >= 0.3 is 5.97 Å². The lowest BCUT2D eigenvalue weighted by atomic mass is 10.3. The molecule has 146 valence electrons. The molecule has 0 unspecified atom stereocenters. The van der Waals surface area contributed by atoms with E-state index in [0.717, 1.165) is 11.4 Å². The number of esters is 1. The minimum atomic E-state index is -0.495. The van der Waals surface area contributed by atoms with E-state index < -0.39 is 5.91 Å². The van der Waals surface area contributed by atoms with Gasteiger partial charge < -0.3 is 4.74 Å². The van der Waals surface area contributed by atoms with Crippen molar-refractivity contribution in [2.75, 3.05) is 11.9 Å². The van der Waals surface area contributed by atoms with E-state index in [0.29, 0.717) is 23.3 Å². The average molecular weight is 420 g/mol. The Morgan fingerprint density at radius 1 is 1.29 bits per heavy atom. The molecular weight excluding hydrogens is 402 g/mol. The number of carbonyl (C=O) groups excluding carboxylic acids is 2. The van der Waals surface area contributed by atoms with Crippen molar-refractivity contribution in [3.63, 3.8) is 0 Å². The van der Waals surface area contributed by atoms with Crippen molar-refractivity contribution in [2.24, 2.45) is 0 Å². The van der Waals surface area contributed by atoms with E-state index in [1.165, 1.54) is 11.3 Å². The number of pyridine rings is 1. The minimum Gasteiger partial charge on any atom is -0.466 e. The molecule has 0 atom stereocenters. The van der Waals surface area contributed by atoms with Gasteiger partial charge in [0.1, 0.15) is 5.69 Å². The Morgan fingerprint density at radius 2 is 2.07 bits per heavy atom. The fraction of sp³-hybridized carbons (Fsp3) is 0.278. The first kappa shape index (κ1) is 20.0. The van der Waals surface area contributed by atoms with E-state index in [2.05, 4.69) is 20.4 Å². The number of halogens is 1. The van der Waals surface area contributed by atoms with E-state index >= 15 is 0 Å². The van der Waals surface area contributed by atoms with E-state index in [1.807, 2.05) is 19.9 Å². The Labute approximate surface area is 170 Å². The van der Waals surface area contributed by atoms with Gasteiger partial charge in [-0.05, 0) is 39.0 Å². The van der Waals surface area contributed by atoms with Crippen LogP contribution in [-0.4, -0.2) is 38.2 Å². The van der Waals surface area contributed by atoms with E-state index in [4.69, 9.17) is 16.3 Å². The molecule has 3 aromatic heterocycles. The van der Waals surface area contributed by atoms with Crippen LogP contribution in [0.4, 0.5) is 5.13 Å². The van der Waals surface area contributed by atoms with E-state index in [-0.39, 0.29) is 23.1 Å². The van der Waals surface area contributed by atoms with E-state index in [1.54, 1.807) is 29.1 Å². The summed E-state index contributed by atoms with van der Waals surface area (Å²) in [5.74, 6) is -0.374. The summed E-state index contributed by atoms with van der Waals surface area (Å²) in [6, 6.07) is 5.21. The van der Waals surface area contributed by atoms with Crippen molar-refractivity contribution in [1.29, 1.82) is 0 Å². The molecule has 0 spiro atoms. The zero-order valence-electron chi connectivity index (χ0n) is 15.5. The monoisotopic (exact) mass is 419 g/mol. The van der Waals surface area contributed by atoms with Crippen LogP contribution in [0.1, 0.15) is 34.5 Å². The maximum absolute atomic E-state index is 12.6. The molecule has 0 radical (unpaired) electrons. The second-order valence-electron chi connectivity index (χ2n) is 5.92. The first-order valence-electron chi connectivity index (χ1n) is 8.49. The fourth-order valence-electron chi connectivity index (χ4n) is 2.53. The van der Waals surface area contributed by atoms with Gasteiger partial charge in [0, 0.05) is 11.1 Å². The van der Waals surface area contributed by atoms with Crippen molar-refractivity contribution in [2.45, 2.75) is 27.2 Å². The molecule has 0 aliphatic carbocycles. The van der Waals surface area contributed by atoms with Gasteiger partial charge in [-0.2, -0.15) is 5.10 Å². The first-order valence-corrected chi connectivity index (χ1v) is 9.74. The zero-order chi connectivity index (χ0) is 20.3. The highest BCUT2D eigenvalue weighted by Gasteiger charge is 2.17. The zero-order valence-corrected chi connectivity index (χ0v) is 17.1. The molecule has 0 aliphatic heterocycles. The Kier molecular flexibility index (Phi) is 6.05. The number of nitrogens with one attached hydrogen (secondary N) is 1. The topological polar surface area (TPSA) is 99.0 Å². The first-order chi connectivity index (χ1) is 13.4. The van der Waals surface area contributed by atoms with Gasteiger partial charge in [0.25, 0.3) is 5.91 Å². The number of aromatic nitrogens is 4. The molecule has 8 nitrogen and oxygen atoms in total. The summed E-state index contributed by atoms with van der Waals surface area (Å²) in [7, 11) is 0. The van der Waals surface area contributed by atoms with Crippen LogP contribution in [0.5, 0.6) is 0 Å². The SMILES string of the molecule is CCOC(=O)Cc1csc(NC(=O)c2nc(-n3nc(C)cc3C)ccc2Cl)n1. The highest BCUT2D eigenvalue weighted by Crippen LogP contribution is 2.21. The second-order valence-corrected chi connectivity index (χ2v) is 7.18. The number of ether oxygens (including phenoxy) is 1. The molecule has 0 saturated heterocycles. The minimum absolute atomic E-state index is 0.0482. The maximum Gasteiger partial charge on any atom is 0.311 e. The lowest BCUT2D eigenvalue weighted by Gasteiger charge is -2.08. The van der Waals surface area contributed by atoms with Crippen LogP contribution in [0.2, 0.25) is 5.02 Å². The summed E-state index contributed by atoms with van der Waals surface area (Å²) in [6.45, 7) is 5.82. The lowest BCUT2D eigenvalue weighted by molar-refractivity contribution is -0.142. The third-order valence-corrected chi connectivity index (χ3v) is 4.79. The molecule has 1 N–H and O–H groups in total. The molecule has 0 aromatic carbocycles. The summed E-state index contributed by atoms with van der Waals surface area (Å²) in [5.41, 5.74) is 2.32. The molecule has 28 heavy (non-hydrogen) atoms. The molecule has 3 aromatic rings. The third-order valence-electron chi connectivity index (χ3n) is 3.68. The van der Waals surface area contributed by atoms with Crippen LogP contribution < -0.4 is 5.32 Å². The molecule has 1 amide bonds. The highest BCUT2D eigenvalue weighted by atomic mass is 35.5. The largest absolute Gasteiger partial charge is 0.466 e. The maximum atomic E-state index is 12.6. The van der Waals surface area contributed by atoms with Crippen molar-refractivity contribution in [1.82, 2.24) is 19.7 Å². The number of hydrogen-bond acceptors (Lipinski definition) is 7. The molecule has 0 aliphatic rings. The van der Waals surface area contributed by atoms with Crippen LogP contribution >= 0.6 is 22.9 Å². The van der Waals surface area contributed by atoms with Crippen molar-refractivity contribution < 1.29 is 14.3 Å². The van der Waals surface area contributed by atoms with Crippen LogP contribution in [0.3, 0.4) is 0 Å². The highest BCUT2D eigenvalue weighted by molar-refractivity contribution is 7.14. The molecule has 0 saturated carbocycles. The van der Waals surface area contributed by atoms with Gasteiger partial charge in [0.05, 0.1) is 29.4 Å². The fourth-order valence-corrected chi connectivity index (χ4v) is 3.43. The normalized spacial score (nSPS) is 10.7. The summed E-state index contributed by atoms with van der Waals surface area (Å²) < 4.78 is 6.53. The van der Waals surface area contributed by atoms with Gasteiger partial charge in [0.15, 0.2) is 10.9 Å². The van der Waals surface area contributed by atoms with Gasteiger partial charge in [0.2, 0.25) is 0 Å². The number of rotatable bonds is 6. The number of aryl methyl sites for hydroxylation is 2. The number of amides is 1. The molecule has 3 rings (SSSR count). The standard InChI is InChI=1S/C18H18ClN5O3S/c1-4-27-15(25)8-12-9-28-18(20-12)22-17(26)16-13(19)5-6-14(21-16)24-11(3)7-10(2)23-24/h5-7,9H,4,8H2,1-3H3,(H,20,22,26). The molecular formula is C18H18ClN5O3S. The summed E-state index contributed by atoms with van der Waals surface area (Å²) >= 11 is 7.37. The smallest absolute Gasteiger partial charge is 0.311 e. The van der Waals surface area contributed by atoms with Gasteiger partial charge in [-0.15, -0.1) is 11.3 Å².